The quantitative estimate of drug-likeness (QED) is 0.625. The molecule has 0 atom stereocenters. The molecule has 0 aromatic rings. The second-order valence-electron chi connectivity index (χ2n) is 6.67. The van der Waals surface area contributed by atoms with Crippen LogP contribution in [0.15, 0.2) is 0 Å². The SMILES string of the molecule is CC(=O)CCCCC(=O)N1CCC(NC(=O)CNC(C)C)CC1. The molecule has 6 heteroatoms. The smallest absolute Gasteiger partial charge is 0.234 e. The number of carbonyl (C=O) groups is 3. The Hall–Kier alpha value is -1.43. The average Bonchev–Trinajstić information content (AvgIpc) is 2.50. The van der Waals surface area contributed by atoms with E-state index >= 15 is 0 Å². The second kappa shape index (κ2) is 10.4. The Morgan fingerprint density at radius 3 is 2.26 bits per heavy atom. The molecular weight excluding hydrogens is 294 g/mol. The van der Waals surface area contributed by atoms with Crippen LogP contribution in [-0.2, 0) is 14.4 Å². The van der Waals surface area contributed by atoms with Gasteiger partial charge < -0.3 is 20.3 Å². The monoisotopic (exact) mass is 325 g/mol. The van der Waals surface area contributed by atoms with Crippen LogP contribution < -0.4 is 10.6 Å². The lowest BCUT2D eigenvalue weighted by atomic mass is 10.0. The molecule has 2 amide bonds. The number of rotatable bonds is 9. The van der Waals surface area contributed by atoms with Gasteiger partial charge in [0, 0.05) is 38.0 Å². The summed E-state index contributed by atoms with van der Waals surface area (Å²) >= 11 is 0. The number of amides is 2. The van der Waals surface area contributed by atoms with Crippen molar-refractivity contribution in [3.8, 4) is 0 Å². The maximum atomic E-state index is 12.1. The van der Waals surface area contributed by atoms with E-state index in [1.807, 2.05) is 18.7 Å². The predicted molar refractivity (Wildman–Crippen MR) is 90.0 cm³/mol. The summed E-state index contributed by atoms with van der Waals surface area (Å²) in [4.78, 5) is 36.6. The van der Waals surface area contributed by atoms with Crippen molar-refractivity contribution >= 4 is 17.6 Å². The Balaban J connectivity index is 2.17. The minimum Gasteiger partial charge on any atom is -0.352 e. The van der Waals surface area contributed by atoms with Gasteiger partial charge in [-0.3, -0.25) is 9.59 Å². The van der Waals surface area contributed by atoms with Crippen LogP contribution >= 0.6 is 0 Å². The zero-order valence-corrected chi connectivity index (χ0v) is 14.7. The molecule has 132 valence electrons. The molecule has 0 saturated carbocycles. The number of hydrogen-bond donors (Lipinski definition) is 2. The molecule has 0 aromatic carbocycles. The lowest BCUT2D eigenvalue weighted by molar-refractivity contribution is -0.132. The van der Waals surface area contributed by atoms with E-state index in [9.17, 15) is 14.4 Å². The van der Waals surface area contributed by atoms with Gasteiger partial charge in [0.1, 0.15) is 5.78 Å². The molecule has 1 aliphatic rings. The highest BCUT2D eigenvalue weighted by Gasteiger charge is 2.23. The van der Waals surface area contributed by atoms with Crippen LogP contribution in [0.1, 0.15) is 59.3 Å². The molecule has 1 rings (SSSR count). The first-order valence-electron chi connectivity index (χ1n) is 8.68. The summed E-state index contributed by atoms with van der Waals surface area (Å²) in [5.41, 5.74) is 0. The van der Waals surface area contributed by atoms with Gasteiger partial charge in [-0.2, -0.15) is 0 Å². The number of piperidine rings is 1. The largest absolute Gasteiger partial charge is 0.352 e. The Bertz CT molecular complexity index is 402. The van der Waals surface area contributed by atoms with Crippen LogP contribution in [-0.4, -0.2) is 54.2 Å². The number of nitrogens with zero attached hydrogens (tertiary/aromatic N) is 1. The zero-order valence-electron chi connectivity index (χ0n) is 14.7. The van der Waals surface area contributed by atoms with Crippen LogP contribution in [0, 0.1) is 0 Å². The molecule has 1 fully saturated rings. The Labute approximate surface area is 139 Å². The van der Waals surface area contributed by atoms with Crippen molar-refractivity contribution in [1.82, 2.24) is 15.5 Å². The molecule has 23 heavy (non-hydrogen) atoms. The summed E-state index contributed by atoms with van der Waals surface area (Å²) in [6, 6.07) is 0.460. The van der Waals surface area contributed by atoms with Crippen molar-refractivity contribution in [1.29, 1.82) is 0 Å². The molecule has 0 radical (unpaired) electrons. The number of carbonyl (C=O) groups excluding carboxylic acids is 3. The number of ketones is 1. The van der Waals surface area contributed by atoms with Gasteiger partial charge in [-0.15, -0.1) is 0 Å². The van der Waals surface area contributed by atoms with E-state index in [4.69, 9.17) is 0 Å². The third kappa shape index (κ3) is 8.69. The maximum Gasteiger partial charge on any atom is 0.234 e. The minimum atomic E-state index is 0.0210. The third-order valence-corrected chi connectivity index (χ3v) is 4.05. The average molecular weight is 325 g/mol. The van der Waals surface area contributed by atoms with Crippen molar-refractivity contribution in [2.24, 2.45) is 0 Å². The highest BCUT2D eigenvalue weighted by atomic mass is 16.2. The zero-order chi connectivity index (χ0) is 17.2. The number of nitrogens with one attached hydrogen (secondary N) is 2. The van der Waals surface area contributed by atoms with E-state index in [1.54, 1.807) is 6.92 Å². The van der Waals surface area contributed by atoms with E-state index in [-0.39, 0.29) is 23.6 Å². The molecule has 0 aromatic heterocycles. The molecule has 0 spiro atoms. The predicted octanol–water partition coefficient (Wildman–Crippen LogP) is 1.24. The fraction of sp³-hybridized carbons (Fsp3) is 0.824. The number of likely N-dealkylation sites (tertiary alicyclic amines) is 1. The summed E-state index contributed by atoms with van der Waals surface area (Å²) in [6.07, 6.45) is 4.26. The van der Waals surface area contributed by atoms with Gasteiger partial charge in [0.15, 0.2) is 0 Å². The van der Waals surface area contributed by atoms with E-state index in [0.29, 0.717) is 38.5 Å². The van der Waals surface area contributed by atoms with E-state index in [2.05, 4.69) is 10.6 Å². The van der Waals surface area contributed by atoms with E-state index in [1.165, 1.54) is 0 Å². The van der Waals surface area contributed by atoms with Gasteiger partial charge in [-0.1, -0.05) is 13.8 Å². The Morgan fingerprint density at radius 1 is 1.09 bits per heavy atom. The van der Waals surface area contributed by atoms with Crippen LogP contribution in [0.25, 0.3) is 0 Å². The topological polar surface area (TPSA) is 78.5 Å². The van der Waals surface area contributed by atoms with Gasteiger partial charge in [0.05, 0.1) is 6.54 Å². The standard InChI is InChI=1S/C17H31N3O3/c1-13(2)18-12-16(22)19-15-8-10-20(11-9-15)17(23)7-5-4-6-14(3)21/h13,15,18H,4-12H2,1-3H3,(H,19,22). The fourth-order valence-electron chi connectivity index (χ4n) is 2.66. The summed E-state index contributed by atoms with van der Waals surface area (Å²) in [6.45, 7) is 7.34. The molecule has 0 unspecified atom stereocenters. The molecule has 0 bridgehead atoms. The number of hydrogen-bond acceptors (Lipinski definition) is 4. The minimum absolute atomic E-state index is 0.0210. The first-order valence-corrected chi connectivity index (χ1v) is 8.68. The molecule has 2 N–H and O–H groups in total. The summed E-state index contributed by atoms with van der Waals surface area (Å²) in [5, 5.41) is 6.12. The highest BCUT2D eigenvalue weighted by molar-refractivity contribution is 5.79. The summed E-state index contributed by atoms with van der Waals surface area (Å²) < 4.78 is 0. The Morgan fingerprint density at radius 2 is 1.70 bits per heavy atom. The maximum absolute atomic E-state index is 12.1. The van der Waals surface area contributed by atoms with Gasteiger partial charge in [-0.25, -0.2) is 0 Å². The molecule has 1 saturated heterocycles. The second-order valence-corrected chi connectivity index (χ2v) is 6.67. The fourth-order valence-corrected chi connectivity index (χ4v) is 2.66. The van der Waals surface area contributed by atoms with Gasteiger partial charge in [0.2, 0.25) is 11.8 Å². The molecule has 0 aliphatic carbocycles. The lowest BCUT2D eigenvalue weighted by Gasteiger charge is -2.32. The molecular formula is C17H31N3O3. The number of unbranched alkanes of at least 4 members (excludes halogenated alkanes) is 1. The molecule has 1 aliphatic heterocycles. The van der Waals surface area contributed by atoms with Gasteiger partial charge >= 0.3 is 0 Å². The summed E-state index contributed by atoms with van der Waals surface area (Å²) in [5.74, 6) is 0.369. The highest BCUT2D eigenvalue weighted by Crippen LogP contribution is 2.13. The van der Waals surface area contributed by atoms with Crippen molar-refractivity contribution < 1.29 is 14.4 Å². The van der Waals surface area contributed by atoms with Crippen molar-refractivity contribution in [3.63, 3.8) is 0 Å². The van der Waals surface area contributed by atoms with Gasteiger partial charge in [-0.05, 0) is 32.6 Å². The van der Waals surface area contributed by atoms with Crippen molar-refractivity contribution in [3.05, 3.63) is 0 Å². The van der Waals surface area contributed by atoms with Crippen LogP contribution in [0.2, 0.25) is 0 Å². The summed E-state index contributed by atoms with van der Waals surface area (Å²) in [7, 11) is 0. The Kier molecular flexibility index (Phi) is 8.84. The van der Waals surface area contributed by atoms with Crippen molar-refractivity contribution in [2.75, 3.05) is 19.6 Å². The van der Waals surface area contributed by atoms with Crippen molar-refractivity contribution in [2.45, 2.75) is 71.4 Å². The van der Waals surface area contributed by atoms with E-state index < -0.39 is 0 Å². The first-order chi connectivity index (χ1) is 10.9. The van der Waals surface area contributed by atoms with Gasteiger partial charge in [0.25, 0.3) is 0 Å². The first kappa shape index (κ1) is 19.6. The van der Waals surface area contributed by atoms with Crippen LogP contribution in [0.3, 0.4) is 0 Å². The molecule has 6 nitrogen and oxygen atoms in total. The third-order valence-electron chi connectivity index (χ3n) is 4.05. The number of Topliss-reactive ketones (excluding diaryl/α,β-unsaturated/α-hetero) is 1. The van der Waals surface area contributed by atoms with Crippen LogP contribution in [0.4, 0.5) is 0 Å². The van der Waals surface area contributed by atoms with E-state index in [0.717, 1.165) is 25.7 Å². The van der Waals surface area contributed by atoms with Crippen LogP contribution in [0.5, 0.6) is 0 Å². The lowest BCUT2D eigenvalue weighted by Crippen LogP contribution is -2.48. The molecule has 1 heterocycles. The normalized spacial score (nSPS) is 15.7.